The van der Waals surface area contributed by atoms with Crippen LogP contribution in [0.2, 0.25) is 0 Å². The van der Waals surface area contributed by atoms with E-state index in [-0.39, 0.29) is 5.78 Å². The van der Waals surface area contributed by atoms with Crippen molar-refractivity contribution >= 4 is 11.9 Å². The van der Waals surface area contributed by atoms with Crippen LogP contribution in [0.3, 0.4) is 0 Å². The molecule has 3 rings (SSSR count). The van der Waals surface area contributed by atoms with Crippen molar-refractivity contribution in [2.45, 2.75) is 25.7 Å². The Kier molecular flexibility index (Phi) is 5.43. The molecule has 0 radical (unpaired) electrons. The van der Waals surface area contributed by atoms with Gasteiger partial charge in [0.25, 0.3) is 0 Å². The quantitative estimate of drug-likeness (QED) is 0.418. The van der Waals surface area contributed by atoms with Crippen LogP contribution in [-0.2, 0) is 0 Å². The minimum atomic E-state index is -0.0247. The highest BCUT2D eigenvalue weighted by Crippen LogP contribution is 2.17. The van der Waals surface area contributed by atoms with Crippen molar-refractivity contribution in [3.63, 3.8) is 0 Å². The van der Waals surface area contributed by atoms with E-state index in [9.17, 15) is 4.79 Å². The van der Waals surface area contributed by atoms with Gasteiger partial charge in [-0.15, -0.1) is 0 Å². The number of allylic oxidation sites excluding steroid dienone is 3. The zero-order valence-electron chi connectivity index (χ0n) is 13.7. The average molecular weight is 312 g/mol. The molecule has 0 saturated heterocycles. The van der Waals surface area contributed by atoms with Crippen LogP contribution in [0.1, 0.15) is 41.6 Å². The maximum absolute atomic E-state index is 12.8. The van der Waals surface area contributed by atoms with E-state index >= 15 is 0 Å². The Morgan fingerprint density at radius 2 is 1.62 bits per heavy atom. The van der Waals surface area contributed by atoms with Crippen molar-refractivity contribution in [3.8, 4) is 11.8 Å². The monoisotopic (exact) mass is 312 g/mol. The van der Waals surface area contributed by atoms with Crippen molar-refractivity contribution in [1.82, 2.24) is 0 Å². The van der Waals surface area contributed by atoms with E-state index in [1.165, 1.54) is 12.8 Å². The second-order valence-corrected chi connectivity index (χ2v) is 5.89. The average Bonchev–Trinajstić information content (AvgIpc) is 2.67. The van der Waals surface area contributed by atoms with Crippen molar-refractivity contribution in [1.29, 1.82) is 0 Å². The van der Waals surface area contributed by atoms with Crippen molar-refractivity contribution < 1.29 is 4.79 Å². The molecule has 0 N–H and O–H groups in total. The van der Waals surface area contributed by atoms with Crippen molar-refractivity contribution in [2.24, 2.45) is 0 Å². The molecule has 0 unspecified atom stereocenters. The molecule has 0 aromatic heterocycles. The molecule has 1 aliphatic carbocycles. The summed E-state index contributed by atoms with van der Waals surface area (Å²) in [5, 5.41) is 0. The van der Waals surface area contributed by atoms with E-state index in [1.54, 1.807) is 0 Å². The molecule has 0 bridgehead atoms. The molecule has 0 saturated carbocycles. The first kappa shape index (κ1) is 16.0. The number of rotatable bonds is 3. The molecule has 0 aliphatic heterocycles. The highest BCUT2D eigenvalue weighted by atomic mass is 16.1. The Morgan fingerprint density at radius 1 is 0.917 bits per heavy atom. The van der Waals surface area contributed by atoms with E-state index in [0.717, 1.165) is 24.0 Å². The summed E-state index contributed by atoms with van der Waals surface area (Å²) in [6.07, 6.45) is 8.61. The van der Waals surface area contributed by atoms with Crippen LogP contribution in [-0.4, -0.2) is 5.78 Å². The second kappa shape index (κ2) is 8.13. The number of ketones is 1. The molecule has 24 heavy (non-hydrogen) atoms. The lowest BCUT2D eigenvalue weighted by Crippen LogP contribution is -2.02. The summed E-state index contributed by atoms with van der Waals surface area (Å²) in [5.41, 5.74) is 3.36. The van der Waals surface area contributed by atoms with E-state index in [2.05, 4.69) is 17.9 Å². The molecule has 118 valence electrons. The van der Waals surface area contributed by atoms with Gasteiger partial charge in [0.1, 0.15) is 0 Å². The maximum atomic E-state index is 12.8. The van der Waals surface area contributed by atoms with Crippen LogP contribution in [0.15, 0.2) is 77.9 Å². The predicted octanol–water partition coefficient (Wildman–Crippen LogP) is 5.46. The van der Waals surface area contributed by atoms with Gasteiger partial charge >= 0.3 is 0 Å². The first-order chi connectivity index (χ1) is 11.8. The summed E-state index contributed by atoms with van der Waals surface area (Å²) in [7, 11) is 0. The summed E-state index contributed by atoms with van der Waals surface area (Å²) in [6.45, 7) is 0. The molecule has 0 heterocycles. The molecule has 0 spiro atoms. The summed E-state index contributed by atoms with van der Waals surface area (Å²) in [5.74, 6) is 6.32. The lowest BCUT2D eigenvalue weighted by atomic mass is 9.98. The number of carbonyl (C=O) groups excluding carboxylic acids is 1. The first-order valence-electron chi connectivity index (χ1n) is 8.40. The predicted molar refractivity (Wildman–Crippen MR) is 99.5 cm³/mol. The van der Waals surface area contributed by atoms with Gasteiger partial charge in [0.2, 0.25) is 5.78 Å². The van der Waals surface area contributed by atoms with Gasteiger partial charge in [0, 0.05) is 5.56 Å². The van der Waals surface area contributed by atoms with E-state index in [4.69, 9.17) is 0 Å². The van der Waals surface area contributed by atoms with Crippen molar-refractivity contribution in [2.75, 3.05) is 0 Å². The molecule has 1 nitrogen and oxygen atoms in total. The van der Waals surface area contributed by atoms with Crippen LogP contribution in [0.5, 0.6) is 0 Å². The summed E-state index contributed by atoms with van der Waals surface area (Å²) in [6, 6.07) is 19.2. The van der Waals surface area contributed by atoms with Gasteiger partial charge in [-0.25, -0.2) is 0 Å². The number of hydrogen-bond acceptors (Lipinski definition) is 1. The van der Waals surface area contributed by atoms with Gasteiger partial charge in [-0.05, 0) is 42.9 Å². The smallest absolute Gasteiger partial charge is 0.201 e. The zero-order valence-corrected chi connectivity index (χ0v) is 13.7. The van der Waals surface area contributed by atoms with Gasteiger partial charge in [0.15, 0.2) is 0 Å². The van der Waals surface area contributed by atoms with Crippen LogP contribution < -0.4 is 0 Å². The highest BCUT2D eigenvalue weighted by Gasteiger charge is 2.10. The third kappa shape index (κ3) is 4.33. The number of carbonyl (C=O) groups is 1. The van der Waals surface area contributed by atoms with Crippen LogP contribution in [0, 0.1) is 11.8 Å². The minimum Gasteiger partial charge on any atom is -0.288 e. The summed E-state index contributed by atoms with van der Waals surface area (Å²) < 4.78 is 0. The highest BCUT2D eigenvalue weighted by molar-refractivity contribution is 6.14. The zero-order chi connectivity index (χ0) is 16.6. The van der Waals surface area contributed by atoms with E-state index in [1.807, 2.05) is 66.7 Å². The van der Waals surface area contributed by atoms with E-state index < -0.39 is 0 Å². The summed E-state index contributed by atoms with van der Waals surface area (Å²) >= 11 is 0. The maximum Gasteiger partial charge on any atom is 0.201 e. The van der Waals surface area contributed by atoms with Crippen LogP contribution in [0.4, 0.5) is 0 Å². The van der Waals surface area contributed by atoms with E-state index in [0.29, 0.717) is 11.1 Å². The molecule has 2 aromatic rings. The second-order valence-electron chi connectivity index (χ2n) is 5.89. The van der Waals surface area contributed by atoms with Gasteiger partial charge < -0.3 is 0 Å². The molecule has 1 heteroatoms. The lowest BCUT2D eigenvalue weighted by Gasteiger charge is -2.06. The van der Waals surface area contributed by atoms with Gasteiger partial charge in [-0.3, -0.25) is 4.79 Å². The van der Waals surface area contributed by atoms with Gasteiger partial charge in [0.05, 0.1) is 5.57 Å². The number of Topliss-reactive ketones (excluding diaryl/α,β-unsaturated/α-hetero) is 1. The SMILES string of the molecule is O=C(/C(C#CC1=CCCCC1)=C/c1ccccc1)c1ccccc1. The standard InChI is InChI=1S/C23H20O/c24-23(21-14-8-3-9-15-21)22(18-20-12-6-2-7-13-20)17-16-19-10-4-1-5-11-19/h2-3,6-10,12-15,18H,1,4-5,11H2/b22-18+. The van der Waals surface area contributed by atoms with Crippen molar-refractivity contribution in [3.05, 3.63) is 89.0 Å². The Hall–Kier alpha value is -2.85. The normalized spacial score (nSPS) is 14.3. The number of hydrogen-bond donors (Lipinski definition) is 0. The van der Waals surface area contributed by atoms with Crippen LogP contribution >= 0.6 is 0 Å². The van der Waals surface area contributed by atoms with Gasteiger partial charge in [-0.1, -0.05) is 78.6 Å². The Morgan fingerprint density at radius 3 is 2.29 bits per heavy atom. The molecular formula is C23H20O. The molecule has 0 amide bonds. The number of benzene rings is 2. The molecule has 0 atom stereocenters. The fraction of sp³-hybridized carbons (Fsp3) is 0.174. The van der Waals surface area contributed by atoms with Crippen LogP contribution in [0.25, 0.3) is 6.08 Å². The fourth-order valence-corrected chi connectivity index (χ4v) is 2.72. The molecule has 1 aliphatic rings. The first-order valence-corrected chi connectivity index (χ1v) is 8.40. The fourth-order valence-electron chi connectivity index (χ4n) is 2.72. The molecule has 0 fully saturated rings. The topological polar surface area (TPSA) is 17.1 Å². The molecular weight excluding hydrogens is 292 g/mol. The Balaban J connectivity index is 1.95. The largest absolute Gasteiger partial charge is 0.288 e. The summed E-state index contributed by atoms with van der Waals surface area (Å²) in [4.78, 5) is 12.8. The lowest BCUT2D eigenvalue weighted by molar-refractivity contribution is 0.104. The third-order valence-corrected chi connectivity index (χ3v) is 4.04. The minimum absolute atomic E-state index is 0.0247. The van der Waals surface area contributed by atoms with Gasteiger partial charge in [-0.2, -0.15) is 0 Å². The Labute approximate surface area is 143 Å². The molecule has 2 aromatic carbocycles. The third-order valence-electron chi connectivity index (χ3n) is 4.04. The Bertz CT molecular complexity index is 815.